The lowest BCUT2D eigenvalue weighted by atomic mass is 10.1. The van der Waals surface area contributed by atoms with Crippen molar-refractivity contribution in [1.29, 1.82) is 0 Å². The van der Waals surface area contributed by atoms with E-state index >= 15 is 0 Å². The van der Waals surface area contributed by atoms with E-state index in [0.717, 1.165) is 5.56 Å². The van der Waals surface area contributed by atoms with Crippen LogP contribution in [0.4, 0.5) is 0 Å². The topological polar surface area (TPSA) is 49.3 Å². The molecule has 0 saturated carbocycles. The van der Waals surface area contributed by atoms with E-state index in [9.17, 15) is 9.90 Å². The maximum Gasteiger partial charge on any atom is 0.224 e. The zero-order valence-corrected chi connectivity index (χ0v) is 10.00. The summed E-state index contributed by atoms with van der Waals surface area (Å²) in [5, 5.41) is 12.5. The Hall–Kier alpha value is -1.06. The molecule has 0 aromatic heterocycles. The summed E-state index contributed by atoms with van der Waals surface area (Å²) in [6, 6.07) is 7.24. The molecule has 0 aliphatic carbocycles. The van der Waals surface area contributed by atoms with E-state index in [1.165, 1.54) is 0 Å². The van der Waals surface area contributed by atoms with Crippen LogP contribution >= 0.6 is 11.6 Å². The molecule has 1 aromatic rings. The number of carbonyl (C=O) groups excluding carboxylic acids is 1. The minimum atomic E-state index is -0.477. The van der Waals surface area contributed by atoms with Gasteiger partial charge in [0.2, 0.25) is 5.91 Å². The van der Waals surface area contributed by atoms with E-state index in [2.05, 4.69) is 5.32 Å². The monoisotopic (exact) mass is 241 g/mol. The third-order valence-corrected chi connectivity index (χ3v) is 2.68. The average Bonchev–Trinajstić information content (AvgIpc) is 2.29. The van der Waals surface area contributed by atoms with Gasteiger partial charge in [0, 0.05) is 11.6 Å². The number of hydrogen-bond acceptors (Lipinski definition) is 2. The first-order valence-corrected chi connectivity index (χ1v) is 5.69. The molecule has 0 heterocycles. The number of rotatable bonds is 5. The number of carbonyl (C=O) groups is 1. The molecule has 0 saturated heterocycles. The van der Waals surface area contributed by atoms with Gasteiger partial charge in [-0.15, -0.1) is 0 Å². The molecule has 1 unspecified atom stereocenters. The van der Waals surface area contributed by atoms with Crippen LogP contribution in [0.3, 0.4) is 0 Å². The summed E-state index contributed by atoms with van der Waals surface area (Å²) in [5.41, 5.74) is 0.799. The maximum atomic E-state index is 11.5. The summed E-state index contributed by atoms with van der Waals surface area (Å²) in [5.74, 6) is -0.124. The molecule has 1 aromatic carbocycles. The minimum absolute atomic E-state index is 0.124. The molecular formula is C12H16ClNO2. The second kappa shape index (κ2) is 6.51. The van der Waals surface area contributed by atoms with E-state index in [0.29, 0.717) is 18.0 Å². The molecule has 1 amide bonds. The van der Waals surface area contributed by atoms with Crippen LogP contribution in [0.5, 0.6) is 0 Å². The fourth-order valence-electron chi connectivity index (χ4n) is 1.25. The van der Waals surface area contributed by atoms with Gasteiger partial charge in [0.15, 0.2) is 0 Å². The van der Waals surface area contributed by atoms with Crippen LogP contribution in [0.1, 0.15) is 18.9 Å². The molecule has 3 nitrogen and oxygen atoms in total. The van der Waals surface area contributed by atoms with Gasteiger partial charge in [0.1, 0.15) is 0 Å². The standard InChI is InChI=1S/C12H16ClNO2/c1-2-10(15)8-14-12(16)7-9-5-3-4-6-11(9)13/h3-6,10,15H,2,7-8H2,1H3,(H,14,16). The summed E-state index contributed by atoms with van der Waals surface area (Å²) >= 11 is 5.93. The Labute approximate surface area is 100 Å². The Morgan fingerprint density at radius 1 is 1.50 bits per heavy atom. The zero-order valence-electron chi connectivity index (χ0n) is 9.24. The Kier molecular flexibility index (Phi) is 5.29. The van der Waals surface area contributed by atoms with Gasteiger partial charge in [-0.05, 0) is 18.1 Å². The Morgan fingerprint density at radius 2 is 2.19 bits per heavy atom. The molecule has 16 heavy (non-hydrogen) atoms. The van der Waals surface area contributed by atoms with Gasteiger partial charge in [-0.2, -0.15) is 0 Å². The molecule has 0 aliphatic rings. The Morgan fingerprint density at radius 3 is 2.81 bits per heavy atom. The lowest BCUT2D eigenvalue weighted by Gasteiger charge is -2.09. The smallest absolute Gasteiger partial charge is 0.224 e. The lowest BCUT2D eigenvalue weighted by molar-refractivity contribution is -0.120. The first-order chi connectivity index (χ1) is 7.63. The second-order valence-electron chi connectivity index (χ2n) is 3.63. The Bertz CT molecular complexity index is 355. The van der Waals surface area contributed by atoms with Gasteiger partial charge in [-0.1, -0.05) is 36.7 Å². The predicted molar refractivity (Wildman–Crippen MR) is 64.5 cm³/mol. The normalized spacial score (nSPS) is 12.2. The first-order valence-electron chi connectivity index (χ1n) is 5.31. The third kappa shape index (κ3) is 4.21. The van der Waals surface area contributed by atoms with Crippen molar-refractivity contribution in [3.05, 3.63) is 34.9 Å². The van der Waals surface area contributed by atoms with E-state index in [1.54, 1.807) is 6.07 Å². The van der Waals surface area contributed by atoms with Gasteiger partial charge in [0.05, 0.1) is 12.5 Å². The number of aliphatic hydroxyl groups excluding tert-OH is 1. The van der Waals surface area contributed by atoms with Crippen molar-refractivity contribution >= 4 is 17.5 Å². The van der Waals surface area contributed by atoms with Crippen molar-refractivity contribution in [2.45, 2.75) is 25.9 Å². The molecule has 4 heteroatoms. The molecular weight excluding hydrogens is 226 g/mol. The highest BCUT2D eigenvalue weighted by atomic mass is 35.5. The van der Waals surface area contributed by atoms with Crippen molar-refractivity contribution in [2.75, 3.05) is 6.54 Å². The van der Waals surface area contributed by atoms with Gasteiger partial charge in [-0.25, -0.2) is 0 Å². The molecule has 1 atom stereocenters. The number of amides is 1. The molecule has 0 spiro atoms. The molecule has 2 N–H and O–H groups in total. The fourth-order valence-corrected chi connectivity index (χ4v) is 1.46. The first kappa shape index (κ1) is 13.0. The van der Waals surface area contributed by atoms with Crippen LogP contribution in [0.25, 0.3) is 0 Å². The maximum absolute atomic E-state index is 11.5. The van der Waals surface area contributed by atoms with Crippen LogP contribution in [0, 0.1) is 0 Å². The van der Waals surface area contributed by atoms with Crippen molar-refractivity contribution in [3.63, 3.8) is 0 Å². The van der Waals surface area contributed by atoms with E-state index in [-0.39, 0.29) is 12.3 Å². The third-order valence-electron chi connectivity index (χ3n) is 2.31. The average molecular weight is 242 g/mol. The minimum Gasteiger partial charge on any atom is -0.391 e. The summed E-state index contributed by atoms with van der Waals surface area (Å²) in [6.07, 6.45) is 0.401. The van der Waals surface area contributed by atoms with Crippen molar-refractivity contribution in [1.82, 2.24) is 5.32 Å². The van der Waals surface area contributed by atoms with Crippen molar-refractivity contribution in [2.24, 2.45) is 0 Å². The largest absolute Gasteiger partial charge is 0.391 e. The van der Waals surface area contributed by atoms with E-state index < -0.39 is 6.10 Å². The van der Waals surface area contributed by atoms with E-state index in [4.69, 9.17) is 11.6 Å². The number of benzene rings is 1. The molecule has 0 fully saturated rings. The molecule has 0 aliphatic heterocycles. The quantitative estimate of drug-likeness (QED) is 0.826. The van der Waals surface area contributed by atoms with Gasteiger partial charge < -0.3 is 10.4 Å². The summed E-state index contributed by atoms with van der Waals surface area (Å²) < 4.78 is 0. The molecule has 88 valence electrons. The van der Waals surface area contributed by atoms with Gasteiger partial charge >= 0.3 is 0 Å². The summed E-state index contributed by atoms with van der Waals surface area (Å²) in [7, 11) is 0. The summed E-state index contributed by atoms with van der Waals surface area (Å²) in [6.45, 7) is 2.16. The number of nitrogens with one attached hydrogen (secondary N) is 1. The van der Waals surface area contributed by atoms with Crippen LogP contribution in [0.2, 0.25) is 5.02 Å². The van der Waals surface area contributed by atoms with Crippen LogP contribution in [-0.4, -0.2) is 23.7 Å². The van der Waals surface area contributed by atoms with Crippen LogP contribution in [0.15, 0.2) is 24.3 Å². The zero-order chi connectivity index (χ0) is 12.0. The fraction of sp³-hybridized carbons (Fsp3) is 0.417. The highest BCUT2D eigenvalue weighted by Gasteiger charge is 2.07. The van der Waals surface area contributed by atoms with Crippen molar-refractivity contribution in [3.8, 4) is 0 Å². The van der Waals surface area contributed by atoms with Crippen LogP contribution in [-0.2, 0) is 11.2 Å². The molecule has 0 bridgehead atoms. The van der Waals surface area contributed by atoms with Gasteiger partial charge in [0.25, 0.3) is 0 Å². The number of hydrogen-bond donors (Lipinski definition) is 2. The highest BCUT2D eigenvalue weighted by molar-refractivity contribution is 6.31. The molecule has 0 radical (unpaired) electrons. The van der Waals surface area contributed by atoms with Crippen LogP contribution < -0.4 is 5.32 Å². The predicted octanol–water partition coefficient (Wildman–Crippen LogP) is 1.77. The number of aliphatic hydroxyl groups is 1. The second-order valence-corrected chi connectivity index (χ2v) is 4.04. The number of halogens is 1. The Balaban J connectivity index is 2.43. The molecule has 1 rings (SSSR count). The highest BCUT2D eigenvalue weighted by Crippen LogP contribution is 2.15. The SMILES string of the molecule is CCC(O)CNC(=O)Cc1ccccc1Cl. The van der Waals surface area contributed by atoms with Gasteiger partial charge in [-0.3, -0.25) is 4.79 Å². The van der Waals surface area contributed by atoms with Crippen molar-refractivity contribution < 1.29 is 9.90 Å². The summed E-state index contributed by atoms with van der Waals surface area (Å²) in [4.78, 5) is 11.5. The lowest BCUT2D eigenvalue weighted by Crippen LogP contribution is -2.32. The van der Waals surface area contributed by atoms with E-state index in [1.807, 2.05) is 25.1 Å².